The molecule has 3 aromatic heterocycles. The van der Waals surface area contributed by atoms with Gasteiger partial charge < -0.3 is 20.0 Å². The zero-order valence-corrected chi connectivity index (χ0v) is 25.2. The fourth-order valence-electron chi connectivity index (χ4n) is 6.75. The molecule has 2 aliphatic rings. The quantitative estimate of drug-likeness (QED) is 0.241. The van der Waals surface area contributed by atoms with Crippen molar-refractivity contribution < 1.29 is 4.74 Å². The van der Waals surface area contributed by atoms with Crippen LogP contribution < -0.4 is 5.73 Å². The van der Waals surface area contributed by atoms with Gasteiger partial charge in [0.15, 0.2) is 0 Å². The molecule has 218 valence electrons. The minimum Gasteiger partial charge on any atom is -0.383 e. The summed E-state index contributed by atoms with van der Waals surface area (Å²) < 4.78 is 8.73. The molecule has 0 amide bonds. The average molecular weight is 556 g/mol. The minimum absolute atomic E-state index is 0.0445. The van der Waals surface area contributed by atoms with Crippen LogP contribution in [0.1, 0.15) is 89.9 Å². The van der Waals surface area contributed by atoms with Crippen molar-refractivity contribution in [1.29, 1.82) is 0 Å². The number of anilines is 1. The van der Waals surface area contributed by atoms with Crippen molar-refractivity contribution in [3.05, 3.63) is 54.3 Å². The van der Waals surface area contributed by atoms with Gasteiger partial charge in [-0.1, -0.05) is 39.5 Å². The van der Waals surface area contributed by atoms with Gasteiger partial charge >= 0.3 is 0 Å². The van der Waals surface area contributed by atoms with Gasteiger partial charge in [-0.2, -0.15) is 0 Å². The van der Waals surface area contributed by atoms with E-state index in [1.807, 2.05) is 6.08 Å². The Kier molecular flexibility index (Phi) is 7.41. The van der Waals surface area contributed by atoms with Crippen molar-refractivity contribution in [1.82, 2.24) is 29.4 Å². The Morgan fingerprint density at radius 3 is 2.76 bits per heavy atom. The van der Waals surface area contributed by atoms with Crippen molar-refractivity contribution in [3.8, 4) is 0 Å². The third-order valence-electron chi connectivity index (χ3n) is 9.23. The number of benzene rings is 1. The highest BCUT2D eigenvalue weighted by Crippen LogP contribution is 2.39. The molecule has 4 heterocycles. The lowest BCUT2D eigenvalue weighted by Gasteiger charge is -2.46. The summed E-state index contributed by atoms with van der Waals surface area (Å²) >= 11 is 0. The van der Waals surface area contributed by atoms with Crippen LogP contribution in [0, 0.1) is 5.92 Å². The number of nitrogens with two attached hydrogens (primary N) is 1. The van der Waals surface area contributed by atoms with E-state index < -0.39 is 0 Å². The number of aromatic nitrogens is 5. The van der Waals surface area contributed by atoms with Crippen LogP contribution in [0.15, 0.2) is 37.3 Å². The van der Waals surface area contributed by atoms with Gasteiger partial charge in [-0.15, -0.1) is 0 Å². The number of nitrogens with zero attached hydrogens (tertiary/aromatic N) is 5. The summed E-state index contributed by atoms with van der Waals surface area (Å²) in [6, 6.07) is 7.75. The van der Waals surface area contributed by atoms with Crippen LogP contribution >= 0.6 is 0 Å². The molecular weight excluding hydrogens is 510 g/mol. The molecule has 2 atom stereocenters. The van der Waals surface area contributed by atoms with Gasteiger partial charge in [0.2, 0.25) is 0 Å². The second-order valence-corrected chi connectivity index (χ2v) is 13.4. The number of hydrogen-bond donors (Lipinski definition) is 2. The number of H-pyrrole nitrogens is 1. The fraction of sp³-hybridized carbons (Fsp3) is 0.545. The first-order chi connectivity index (χ1) is 19.6. The molecule has 2 unspecified atom stereocenters. The first kappa shape index (κ1) is 27.9. The minimum atomic E-state index is -0.0445. The molecule has 8 nitrogen and oxygen atoms in total. The zero-order valence-electron chi connectivity index (χ0n) is 25.2. The highest BCUT2D eigenvalue weighted by Gasteiger charge is 2.37. The summed E-state index contributed by atoms with van der Waals surface area (Å²) in [6.07, 6.45) is 12.3. The van der Waals surface area contributed by atoms with Gasteiger partial charge in [-0.3, -0.25) is 4.90 Å². The van der Waals surface area contributed by atoms with E-state index >= 15 is 0 Å². The Labute approximate surface area is 243 Å². The van der Waals surface area contributed by atoms with E-state index in [-0.39, 0.29) is 17.7 Å². The van der Waals surface area contributed by atoms with E-state index in [0.29, 0.717) is 17.9 Å². The Bertz CT molecular complexity index is 1540. The molecule has 0 radical (unpaired) electrons. The second-order valence-electron chi connectivity index (χ2n) is 13.4. The Morgan fingerprint density at radius 1 is 1.22 bits per heavy atom. The van der Waals surface area contributed by atoms with Crippen LogP contribution in [0.5, 0.6) is 0 Å². The maximum atomic E-state index is 6.62. The van der Waals surface area contributed by atoms with E-state index in [0.717, 1.165) is 65.2 Å². The Hall–Kier alpha value is -3.23. The Morgan fingerprint density at radius 2 is 2.02 bits per heavy atom. The molecule has 4 aromatic rings. The molecule has 2 fully saturated rings. The molecule has 1 aromatic carbocycles. The molecular formula is C33H45N7O. The van der Waals surface area contributed by atoms with Crippen LogP contribution in [0.4, 0.5) is 5.82 Å². The lowest BCUT2D eigenvalue weighted by molar-refractivity contribution is -0.0391. The molecule has 1 aliphatic carbocycles. The van der Waals surface area contributed by atoms with Gasteiger partial charge in [0.1, 0.15) is 29.8 Å². The number of nitrogens with one attached hydrogen (secondary N) is 1. The van der Waals surface area contributed by atoms with Crippen LogP contribution in [-0.2, 0) is 16.6 Å². The molecule has 1 saturated heterocycles. The third kappa shape index (κ3) is 5.52. The molecule has 1 aliphatic heterocycles. The van der Waals surface area contributed by atoms with Crippen molar-refractivity contribution in [2.45, 2.75) is 103 Å². The fourth-order valence-corrected chi connectivity index (χ4v) is 6.75. The molecule has 8 heteroatoms. The highest BCUT2D eigenvalue weighted by molar-refractivity contribution is 5.94. The number of fused-ring (bicyclic) bond motifs is 2. The van der Waals surface area contributed by atoms with E-state index in [2.05, 4.69) is 90.0 Å². The molecule has 1 saturated carbocycles. The summed E-state index contributed by atoms with van der Waals surface area (Å²) in [5, 5.41) is 0.858. The summed E-state index contributed by atoms with van der Waals surface area (Å²) in [7, 11) is 0. The van der Waals surface area contributed by atoms with Gasteiger partial charge in [-0.05, 0) is 75.0 Å². The van der Waals surface area contributed by atoms with E-state index in [1.54, 1.807) is 0 Å². The Balaban J connectivity index is 1.03. The van der Waals surface area contributed by atoms with Crippen molar-refractivity contribution in [3.63, 3.8) is 0 Å². The zero-order chi connectivity index (χ0) is 28.9. The van der Waals surface area contributed by atoms with Gasteiger partial charge in [-0.25, -0.2) is 15.0 Å². The largest absolute Gasteiger partial charge is 0.383 e. The van der Waals surface area contributed by atoms with Crippen molar-refractivity contribution in [2.75, 3.05) is 12.3 Å². The molecule has 3 N–H and O–H groups in total. The number of ether oxygens (including phenoxy) is 1. The lowest BCUT2D eigenvalue weighted by Crippen LogP contribution is -2.50. The van der Waals surface area contributed by atoms with E-state index in [1.165, 1.54) is 31.2 Å². The summed E-state index contributed by atoms with van der Waals surface area (Å²) in [6.45, 7) is 16.3. The van der Waals surface area contributed by atoms with Crippen LogP contribution in [-0.4, -0.2) is 54.1 Å². The second kappa shape index (κ2) is 10.9. The summed E-state index contributed by atoms with van der Waals surface area (Å²) in [5.41, 5.74) is 11.6. The summed E-state index contributed by atoms with van der Waals surface area (Å²) in [5.74, 6) is 2.36. The number of imidazole rings is 1. The molecule has 41 heavy (non-hydrogen) atoms. The number of hydrogen-bond acceptors (Lipinski definition) is 6. The van der Waals surface area contributed by atoms with Crippen LogP contribution in [0.2, 0.25) is 0 Å². The van der Waals surface area contributed by atoms with Crippen LogP contribution in [0.25, 0.3) is 28.1 Å². The normalized spacial score (nSPS) is 23.2. The maximum absolute atomic E-state index is 6.62. The van der Waals surface area contributed by atoms with Gasteiger partial charge in [0.25, 0.3) is 0 Å². The molecule has 0 spiro atoms. The first-order valence-corrected chi connectivity index (χ1v) is 15.2. The number of nitrogen functional groups attached to an aromatic ring is 1. The standard InChI is InChI=1S/C33H45N7O/c1-7-22-17-40(32-30(22)31(34)35-19-36-32)29-13-10-25(41-29)18-39(20(2)3)24-14-21(15-24)8-12-28-37-26-11-9-23(33(4,5)6)16-27(26)38-28/h7,9,11,16-17,19-21,24-25,29H,1,8,10,12-15,18H2,2-6H3,(H,37,38)(H2,34,35,36). The predicted molar refractivity (Wildman–Crippen MR) is 167 cm³/mol. The summed E-state index contributed by atoms with van der Waals surface area (Å²) in [4.78, 5) is 19.8. The SMILES string of the molecule is C=Cc1cn(C2CCC(CN(C(C)C)C3CC(CCc4nc5ccc(C(C)(C)C)cc5[nH]4)C3)O2)c2ncnc(N)c12. The average Bonchev–Trinajstić information content (AvgIpc) is 3.62. The van der Waals surface area contributed by atoms with Gasteiger partial charge in [0.05, 0.1) is 22.5 Å². The number of aromatic amines is 1. The molecule has 6 rings (SSSR count). The highest BCUT2D eigenvalue weighted by atomic mass is 16.5. The number of aryl methyl sites for hydroxylation is 1. The topological polar surface area (TPSA) is 97.9 Å². The van der Waals surface area contributed by atoms with Crippen molar-refractivity contribution in [2.24, 2.45) is 5.92 Å². The van der Waals surface area contributed by atoms with E-state index in [9.17, 15) is 0 Å². The van der Waals surface area contributed by atoms with E-state index in [4.69, 9.17) is 15.5 Å². The van der Waals surface area contributed by atoms with Crippen LogP contribution in [0.3, 0.4) is 0 Å². The monoisotopic (exact) mass is 555 g/mol. The molecule has 0 bridgehead atoms. The predicted octanol–water partition coefficient (Wildman–Crippen LogP) is 6.63. The third-order valence-corrected chi connectivity index (χ3v) is 9.23. The number of rotatable bonds is 9. The van der Waals surface area contributed by atoms with Gasteiger partial charge in [0, 0.05) is 36.8 Å². The van der Waals surface area contributed by atoms with Crippen molar-refractivity contribution >= 4 is 34.0 Å². The first-order valence-electron chi connectivity index (χ1n) is 15.2. The maximum Gasteiger partial charge on any atom is 0.148 e. The smallest absolute Gasteiger partial charge is 0.148 e. The lowest BCUT2D eigenvalue weighted by atomic mass is 9.76.